The maximum atomic E-state index is 5.76. The van der Waals surface area contributed by atoms with Crippen molar-refractivity contribution in [3.8, 4) is 0 Å². The molecule has 1 saturated heterocycles. The van der Waals surface area contributed by atoms with Crippen LogP contribution in [0.1, 0.15) is 13.8 Å². The molecule has 1 aliphatic rings. The molecule has 17 heavy (non-hydrogen) atoms. The van der Waals surface area contributed by atoms with E-state index in [-0.39, 0.29) is 0 Å². The molecule has 1 fully saturated rings. The summed E-state index contributed by atoms with van der Waals surface area (Å²) in [5.74, 6) is 2.19. The Morgan fingerprint density at radius 1 is 1.59 bits per heavy atom. The lowest BCUT2D eigenvalue weighted by atomic mass is 10.2. The highest BCUT2D eigenvalue weighted by atomic mass is 32.2. The van der Waals surface area contributed by atoms with Crippen molar-refractivity contribution in [2.45, 2.75) is 26.0 Å². The van der Waals surface area contributed by atoms with E-state index in [0.717, 1.165) is 44.3 Å². The number of rotatable bonds is 8. The average Bonchev–Trinajstić information content (AvgIpc) is 2.34. The van der Waals surface area contributed by atoms with Gasteiger partial charge in [-0.1, -0.05) is 6.08 Å². The normalized spacial score (nSPS) is 21.9. The first-order chi connectivity index (χ1) is 8.24. The summed E-state index contributed by atoms with van der Waals surface area (Å²) in [7, 11) is 0. The second kappa shape index (κ2) is 8.97. The third kappa shape index (κ3) is 6.46. The number of nitrogens with one attached hydrogen (secondary N) is 1. The smallest absolute Gasteiger partial charge is 0.0826 e. The first-order valence-electron chi connectivity index (χ1n) is 6.49. The van der Waals surface area contributed by atoms with Gasteiger partial charge in [0.15, 0.2) is 0 Å². The number of hydrogen-bond donors (Lipinski definition) is 1. The second-order valence-electron chi connectivity index (χ2n) is 4.65. The predicted octanol–water partition coefficient (Wildman–Crippen LogP) is 1.60. The lowest BCUT2D eigenvalue weighted by molar-refractivity contribution is -0.0368. The van der Waals surface area contributed by atoms with E-state index >= 15 is 0 Å². The quantitative estimate of drug-likeness (QED) is 0.528. The first-order valence-corrected chi connectivity index (χ1v) is 7.64. The van der Waals surface area contributed by atoms with Gasteiger partial charge in [0.2, 0.25) is 0 Å². The first kappa shape index (κ1) is 15.0. The van der Waals surface area contributed by atoms with Crippen LogP contribution in [-0.4, -0.2) is 61.3 Å². The van der Waals surface area contributed by atoms with Crippen molar-refractivity contribution in [1.29, 1.82) is 0 Å². The van der Waals surface area contributed by atoms with E-state index in [0.29, 0.717) is 12.1 Å². The van der Waals surface area contributed by atoms with Crippen molar-refractivity contribution in [1.82, 2.24) is 10.2 Å². The summed E-state index contributed by atoms with van der Waals surface area (Å²) >= 11 is 1.91. The Bertz CT molecular complexity index is 212. The molecule has 0 aromatic carbocycles. The molecule has 0 aromatic rings. The monoisotopic (exact) mass is 258 g/mol. The molecule has 100 valence electrons. The van der Waals surface area contributed by atoms with Gasteiger partial charge in [0.25, 0.3) is 0 Å². The summed E-state index contributed by atoms with van der Waals surface area (Å²) in [5, 5.41) is 3.47. The van der Waals surface area contributed by atoms with Crippen LogP contribution in [0.4, 0.5) is 0 Å². The van der Waals surface area contributed by atoms with Crippen molar-refractivity contribution in [2.75, 3.05) is 44.3 Å². The lowest BCUT2D eigenvalue weighted by Gasteiger charge is -2.35. The molecule has 1 rings (SSSR count). The van der Waals surface area contributed by atoms with Crippen LogP contribution in [0.2, 0.25) is 0 Å². The zero-order chi connectivity index (χ0) is 12.5. The molecule has 0 aliphatic carbocycles. The van der Waals surface area contributed by atoms with Gasteiger partial charge in [-0.2, -0.15) is 11.8 Å². The summed E-state index contributed by atoms with van der Waals surface area (Å²) in [6.07, 6.45) is 2.31. The van der Waals surface area contributed by atoms with Gasteiger partial charge < -0.3 is 10.1 Å². The van der Waals surface area contributed by atoms with Crippen LogP contribution < -0.4 is 5.32 Å². The molecular weight excluding hydrogens is 232 g/mol. The van der Waals surface area contributed by atoms with E-state index in [9.17, 15) is 0 Å². The molecule has 0 spiro atoms. The summed E-state index contributed by atoms with van der Waals surface area (Å²) < 4.78 is 5.76. The third-order valence-corrected chi connectivity index (χ3v) is 3.90. The van der Waals surface area contributed by atoms with Crippen molar-refractivity contribution >= 4 is 11.8 Å². The highest BCUT2D eigenvalue weighted by Gasteiger charge is 2.21. The lowest BCUT2D eigenvalue weighted by Crippen LogP contribution is -2.49. The SMILES string of the molecule is C=CCSCCNCC1CN(C(C)C)CCO1. The van der Waals surface area contributed by atoms with Gasteiger partial charge in [-0.15, -0.1) is 6.58 Å². The Balaban J connectivity index is 2.04. The van der Waals surface area contributed by atoms with E-state index in [1.54, 1.807) is 0 Å². The largest absolute Gasteiger partial charge is 0.374 e. The molecule has 1 heterocycles. The number of thioether (sulfide) groups is 1. The van der Waals surface area contributed by atoms with E-state index in [1.807, 2.05) is 17.8 Å². The fourth-order valence-corrected chi connectivity index (χ4v) is 2.53. The van der Waals surface area contributed by atoms with Crippen molar-refractivity contribution in [3.05, 3.63) is 12.7 Å². The van der Waals surface area contributed by atoms with E-state index in [4.69, 9.17) is 4.74 Å². The van der Waals surface area contributed by atoms with E-state index in [1.165, 1.54) is 0 Å². The van der Waals surface area contributed by atoms with Crippen molar-refractivity contribution in [3.63, 3.8) is 0 Å². The van der Waals surface area contributed by atoms with Crippen LogP contribution in [0.5, 0.6) is 0 Å². The number of hydrogen-bond acceptors (Lipinski definition) is 4. The summed E-state index contributed by atoms with van der Waals surface area (Å²) in [6.45, 7) is 13.2. The molecule has 1 N–H and O–H groups in total. The van der Waals surface area contributed by atoms with Crippen LogP contribution in [-0.2, 0) is 4.74 Å². The Morgan fingerprint density at radius 2 is 2.41 bits per heavy atom. The van der Waals surface area contributed by atoms with Crippen LogP contribution in [0, 0.1) is 0 Å². The molecule has 4 heteroatoms. The minimum absolute atomic E-state index is 0.357. The Kier molecular flexibility index (Phi) is 7.93. The standard InChI is InChI=1S/C13H26N2OS/c1-4-8-17-9-5-14-10-13-11-15(12(2)3)6-7-16-13/h4,12-14H,1,5-11H2,2-3H3. The van der Waals surface area contributed by atoms with Crippen LogP contribution >= 0.6 is 11.8 Å². The predicted molar refractivity (Wildman–Crippen MR) is 76.8 cm³/mol. The minimum atomic E-state index is 0.357. The maximum Gasteiger partial charge on any atom is 0.0826 e. The molecule has 0 amide bonds. The molecule has 1 atom stereocenters. The number of morpholine rings is 1. The van der Waals surface area contributed by atoms with Crippen LogP contribution in [0.25, 0.3) is 0 Å². The van der Waals surface area contributed by atoms with Gasteiger partial charge in [-0.25, -0.2) is 0 Å². The molecule has 1 unspecified atom stereocenters. The minimum Gasteiger partial charge on any atom is -0.374 e. The topological polar surface area (TPSA) is 24.5 Å². The highest BCUT2D eigenvalue weighted by Crippen LogP contribution is 2.08. The van der Waals surface area contributed by atoms with Gasteiger partial charge in [-0.3, -0.25) is 4.90 Å². The molecule has 0 radical (unpaired) electrons. The molecule has 0 aromatic heterocycles. The molecule has 0 saturated carbocycles. The van der Waals surface area contributed by atoms with E-state index in [2.05, 4.69) is 30.6 Å². The molecule has 3 nitrogen and oxygen atoms in total. The van der Waals surface area contributed by atoms with Crippen LogP contribution in [0.3, 0.4) is 0 Å². The third-order valence-electron chi connectivity index (χ3n) is 2.93. The summed E-state index contributed by atoms with van der Waals surface area (Å²) in [5.41, 5.74) is 0. The van der Waals surface area contributed by atoms with Crippen LogP contribution in [0.15, 0.2) is 12.7 Å². The Hall–Kier alpha value is -0.0300. The summed E-state index contributed by atoms with van der Waals surface area (Å²) in [4.78, 5) is 2.49. The molecule has 1 aliphatic heterocycles. The Labute approximate surface area is 110 Å². The fraction of sp³-hybridized carbons (Fsp3) is 0.846. The Morgan fingerprint density at radius 3 is 3.12 bits per heavy atom. The highest BCUT2D eigenvalue weighted by molar-refractivity contribution is 7.99. The van der Waals surface area contributed by atoms with Gasteiger partial charge in [0.1, 0.15) is 0 Å². The van der Waals surface area contributed by atoms with Gasteiger partial charge in [-0.05, 0) is 13.8 Å². The molecular formula is C13H26N2OS. The summed E-state index contributed by atoms with van der Waals surface area (Å²) in [6, 6.07) is 0.629. The average molecular weight is 258 g/mol. The van der Waals surface area contributed by atoms with Gasteiger partial charge >= 0.3 is 0 Å². The van der Waals surface area contributed by atoms with Gasteiger partial charge in [0.05, 0.1) is 12.7 Å². The van der Waals surface area contributed by atoms with E-state index < -0.39 is 0 Å². The van der Waals surface area contributed by atoms with Crippen molar-refractivity contribution in [2.24, 2.45) is 0 Å². The zero-order valence-electron chi connectivity index (χ0n) is 11.2. The maximum absolute atomic E-state index is 5.76. The van der Waals surface area contributed by atoms with Gasteiger partial charge in [0, 0.05) is 43.7 Å². The fourth-order valence-electron chi connectivity index (χ4n) is 1.91. The number of nitrogens with zero attached hydrogens (tertiary/aromatic N) is 1. The van der Waals surface area contributed by atoms with Crippen molar-refractivity contribution < 1.29 is 4.74 Å². The zero-order valence-corrected chi connectivity index (χ0v) is 12.0. The second-order valence-corrected chi connectivity index (χ2v) is 5.80. The molecule has 0 bridgehead atoms. The number of ether oxygens (including phenoxy) is 1.